The number of fused-ring (bicyclic) bond motifs is 1. The number of aromatic nitrogens is 1. The summed E-state index contributed by atoms with van der Waals surface area (Å²) >= 11 is 0.954. The minimum atomic E-state index is -4.50. The fourth-order valence-electron chi connectivity index (χ4n) is 4.16. The number of hydrogen-bond acceptors (Lipinski definition) is 5. The molecule has 0 bridgehead atoms. The van der Waals surface area contributed by atoms with Crippen LogP contribution in [0.5, 0.6) is 11.6 Å². The maximum Gasteiger partial charge on any atom is 0.421 e. The molecule has 1 atom stereocenters. The van der Waals surface area contributed by atoms with Gasteiger partial charge in [-0.3, -0.25) is 9.36 Å². The molecule has 1 aliphatic heterocycles. The Balaban J connectivity index is 1.82. The summed E-state index contributed by atoms with van der Waals surface area (Å²) in [6.07, 6.45) is -0.426. The summed E-state index contributed by atoms with van der Waals surface area (Å²) in [6, 6.07) is 1.62. The number of nitrogens with zero attached hydrogens (tertiary/aromatic N) is 1. The Hall–Kier alpha value is -2.00. The van der Waals surface area contributed by atoms with E-state index in [9.17, 15) is 23.1 Å². The van der Waals surface area contributed by atoms with Crippen LogP contribution in [0.15, 0.2) is 16.2 Å². The smallest absolute Gasteiger partial charge is 0.421 e. The number of ether oxygens (including phenoxy) is 2. The largest absolute Gasteiger partial charge is 0.494 e. The summed E-state index contributed by atoms with van der Waals surface area (Å²) < 4.78 is 54.3. The van der Waals surface area contributed by atoms with Gasteiger partial charge in [-0.25, -0.2) is 0 Å². The van der Waals surface area contributed by atoms with Gasteiger partial charge in [-0.05, 0) is 55.4 Å². The minimum Gasteiger partial charge on any atom is -0.494 e. The first-order valence-corrected chi connectivity index (χ1v) is 11.9. The summed E-state index contributed by atoms with van der Waals surface area (Å²) in [6.45, 7) is 5.77. The van der Waals surface area contributed by atoms with Crippen molar-refractivity contribution in [2.45, 2.75) is 84.2 Å². The van der Waals surface area contributed by atoms with Gasteiger partial charge in [0.25, 0.3) is 0 Å². The highest BCUT2D eigenvalue weighted by atomic mass is 32.1. The van der Waals surface area contributed by atoms with E-state index in [2.05, 4.69) is 0 Å². The molecule has 1 aromatic carbocycles. The average Bonchev–Trinajstić information content (AvgIpc) is 3.24. The lowest BCUT2D eigenvalue weighted by Gasteiger charge is -2.28. The third-order valence-corrected chi connectivity index (χ3v) is 6.69. The van der Waals surface area contributed by atoms with Gasteiger partial charge in [-0.2, -0.15) is 13.2 Å². The zero-order chi connectivity index (χ0) is 23.5. The standard InChI is InChI=1S/C23H30F3NO4S/c1-4-8-15-12-18-17(13-31-22(18,3)23(24,25)26)16(9-5-2)20(15)30-11-7-6-10-27-19(28)14-32-21(27)29/h12,14,28H,4-11,13H2,1-3H3. The highest BCUT2D eigenvalue weighted by Crippen LogP contribution is 2.51. The zero-order valence-corrected chi connectivity index (χ0v) is 19.5. The Labute approximate surface area is 189 Å². The monoisotopic (exact) mass is 473 g/mol. The van der Waals surface area contributed by atoms with Crippen molar-refractivity contribution in [3.63, 3.8) is 0 Å². The van der Waals surface area contributed by atoms with Crippen molar-refractivity contribution in [1.82, 2.24) is 4.57 Å². The minimum absolute atomic E-state index is 0.0391. The molecule has 32 heavy (non-hydrogen) atoms. The van der Waals surface area contributed by atoms with Crippen LogP contribution in [0.3, 0.4) is 0 Å². The average molecular weight is 474 g/mol. The van der Waals surface area contributed by atoms with Gasteiger partial charge in [0, 0.05) is 12.1 Å². The van der Waals surface area contributed by atoms with Gasteiger partial charge in [0.05, 0.1) is 18.6 Å². The summed E-state index contributed by atoms with van der Waals surface area (Å²) in [5, 5.41) is 11.1. The van der Waals surface area contributed by atoms with Crippen LogP contribution in [0.1, 0.15) is 68.7 Å². The predicted molar refractivity (Wildman–Crippen MR) is 118 cm³/mol. The molecular weight excluding hydrogens is 443 g/mol. The number of halogens is 3. The highest BCUT2D eigenvalue weighted by molar-refractivity contribution is 7.07. The Morgan fingerprint density at radius 2 is 1.97 bits per heavy atom. The first kappa shape index (κ1) is 24.6. The van der Waals surface area contributed by atoms with E-state index in [4.69, 9.17) is 9.47 Å². The van der Waals surface area contributed by atoms with Gasteiger partial charge >= 0.3 is 11.0 Å². The molecule has 178 valence electrons. The lowest BCUT2D eigenvalue weighted by Crippen LogP contribution is -2.39. The van der Waals surface area contributed by atoms with E-state index in [-0.39, 0.29) is 22.9 Å². The Morgan fingerprint density at radius 3 is 2.56 bits per heavy atom. The summed E-state index contributed by atoms with van der Waals surface area (Å²) in [5.41, 5.74) is 0.0880. The predicted octanol–water partition coefficient (Wildman–Crippen LogP) is 5.69. The summed E-state index contributed by atoms with van der Waals surface area (Å²) in [4.78, 5) is 11.5. The molecule has 0 saturated heterocycles. The molecular formula is C23H30F3NO4S. The second kappa shape index (κ2) is 9.87. The molecule has 0 fully saturated rings. The van der Waals surface area contributed by atoms with Crippen molar-refractivity contribution in [3.05, 3.63) is 43.4 Å². The van der Waals surface area contributed by atoms with Crippen LogP contribution < -0.4 is 9.61 Å². The van der Waals surface area contributed by atoms with Crippen LogP contribution >= 0.6 is 11.3 Å². The molecule has 0 aliphatic carbocycles. The number of aryl methyl sites for hydroxylation is 1. The van der Waals surface area contributed by atoms with Crippen molar-refractivity contribution >= 4 is 11.3 Å². The van der Waals surface area contributed by atoms with Crippen LogP contribution in [0.2, 0.25) is 0 Å². The molecule has 3 rings (SSSR count). The number of aromatic hydroxyl groups is 1. The molecule has 2 heterocycles. The molecule has 0 radical (unpaired) electrons. The number of thiazole rings is 1. The lowest BCUT2D eigenvalue weighted by molar-refractivity contribution is -0.272. The van der Waals surface area contributed by atoms with Gasteiger partial charge in [0.1, 0.15) is 5.75 Å². The Bertz CT molecular complexity index is 998. The topological polar surface area (TPSA) is 60.7 Å². The third-order valence-electron chi connectivity index (χ3n) is 5.94. The van der Waals surface area contributed by atoms with Gasteiger partial charge in [-0.15, -0.1) is 0 Å². The van der Waals surface area contributed by atoms with E-state index in [1.165, 1.54) is 9.95 Å². The van der Waals surface area contributed by atoms with Crippen molar-refractivity contribution in [2.75, 3.05) is 6.61 Å². The van der Waals surface area contributed by atoms with Crippen LogP contribution in [-0.4, -0.2) is 22.5 Å². The second-order valence-electron chi connectivity index (χ2n) is 8.26. The van der Waals surface area contributed by atoms with E-state index in [1.807, 2.05) is 13.8 Å². The molecule has 9 heteroatoms. The highest BCUT2D eigenvalue weighted by Gasteiger charge is 2.57. The molecule has 1 N–H and O–H groups in total. The van der Waals surface area contributed by atoms with Crippen molar-refractivity contribution < 1.29 is 27.8 Å². The molecule has 1 unspecified atom stereocenters. The van der Waals surface area contributed by atoms with Crippen LogP contribution in [0, 0.1) is 0 Å². The zero-order valence-electron chi connectivity index (χ0n) is 18.7. The van der Waals surface area contributed by atoms with E-state index in [0.717, 1.165) is 42.2 Å². The number of benzene rings is 1. The Morgan fingerprint density at radius 1 is 1.25 bits per heavy atom. The molecule has 5 nitrogen and oxygen atoms in total. The van der Waals surface area contributed by atoms with Crippen molar-refractivity contribution in [3.8, 4) is 11.6 Å². The molecule has 1 aromatic heterocycles. The number of unbranched alkanes of at least 4 members (excludes halogenated alkanes) is 1. The molecule has 0 saturated carbocycles. The van der Waals surface area contributed by atoms with Crippen molar-refractivity contribution in [1.29, 1.82) is 0 Å². The SMILES string of the molecule is CCCc1cc2c(c(CCC)c1OCCCCn1c(O)csc1=O)COC2(C)C(F)(F)F. The molecule has 0 amide bonds. The first-order chi connectivity index (χ1) is 15.1. The van der Waals surface area contributed by atoms with Gasteiger partial charge < -0.3 is 14.6 Å². The van der Waals surface area contributed by atoms with Crippen LogP contribution in [0.25, 0.3) is 0 Å². The molecule has 1 aliphatic rings. The maximum atomic E-state index is 13.8. The fourth-order valence-corrected chi connectivity index (χ4v) is 4.81. The third kappa shape index (κ3) is 4.69. The lowest BCUT2D eigenvalue weighted by atomic mass is 9.86. The fraction of sp³-hybridized carbons (Fsp3) is 0.609. The van der Waals surface area contributed by atoms with E-state index in [0.29, 0.717) is 50.1 Å². The normalized spacial score (nSPS) is 18.2. The van der Waals surface area contributed by atoms with Crippen molar-refractivity contribution in [2.24, 2.45) is 0 Å². The number of alkyl halides is 3. The molecule has 0 spiro atoms. The van der Waals surface area contributed by atoms with Gasteiger partial charge in [0.2, 0.25) is 5.88 Å². The van der Waals surface area contributed by atoms with E-state index >= 15 is 0 Å². The van der Waals surface area contributed by atoms with Gasteiger partial charge in [0.15, 0.2) is 5.60 Å². The molecule has 2 aromatic rings. The summed E-state index contributed by atoms with van der Waals surface area (Å²) in [5.74, 6) is 0.640. The van der Waals surface area contributed by atoms with Crippen LogP contribution in [-0.2, 0) is 36.3 Å². The van der Waals surface area contributed by atoms with E-state index < -0.39 is 11.8 Å². The van der Waals surface area contributed by atoms with E-state index in [1.54, 1.807) is 6.07 Å². The van der Waals surface area contributed by atoms with Gasteiger partial charge in [-0.1, -0.05) is 38.0 Å². The summed E-state index contributed by atoms with van der Waals surface area (Å²) in [7, 11) is 0. The second-order valence-corrected chi connectivity index (χ2v) is 9.08. The number of rotatable bonds is 10. The Kier molecular flexibility index (Phi) is 7.60. The first-order valence-electron chi connectivity index (χ1n) is 11.0. The van der Waals surface area contributed by atoms with Crippen LogP contribution in [0.4, 0.5) is 13.2 Å². The quantitative estimate of drug-likeness (QED) is 0.451. The number of hydrogen-bond donors (Lipinski definition) is 1. The maximum absolute atomic E-state index is 13.8.